The zero-order valence-electron chi connectivity index (χ0n) is 15.9. The molecule has 0 spiro atoms. The SMILES string of the molecule is Cc1ccc(C(=O)NNC(=O)c2cccc(Cl)c2)cc1S(=O)(=O)N1CCCCC1. The second kappa shape index (κ2) is 8.94. The monoisotopic (exact) mass is 435 g/mol. The maximum Gasteiger partial charge on any atom is 0.269 e. The lowest BCUT2D eigenvalue weighted by atomic mass is 10.1. The van der Waals surface area contributed by atoms with E-state index in [-0.39, 0.29) is 16.0 Å². The van der Waals surface area contributed by atoms with E-state index in [9.17, 15) is 18.0 Å². The van der Waals surface area contributed by atoms with Crippen molar-refractivity contribution in [2.24, 2.45) is 0 Å². The van der Waals surface area contributed by atoms with Crippen LogP contribution in [0.25, 0.3) is 0 Å². The van der Waals surface area contributed by atoms with Crippen molar-refractivity contribution in [3.63, 3.8) is 0 Å². The summed E-state index contributed by atoms with van der Waals surface area (Å²) in [6, 6.07) is 10.7. The molecule has 1 fully saturated rings. The largest absolute Gasteiger partial charge is 0.269 e. The van der Waals surface area contributed by atoms with Gasteiger partial charge in [0.15, 0.2) is 0 Å². The maximum atomic E-state index is 13.0. The van der Waals surface area contributed by atoms with E-state index in [1.807, 2.05) is 0 Å². The van der Waals surface area contributed by atoms with Crippen molar-refractivity contribution in [1.82, 2.24) is 15.2 Å². The summed E-state index contributed by atoms with van der Waals surface area (Å²) in [7, 11) is -3.68. The van der Waals surface area contributed by atoms with Crippen LogP contribution in [-0.2, 0) is 10.0 Å². The number of nitrogens with one attached hydrogen (secondary N) is 2. The van der Waals surface area contributed by atoms with Crippen LogP contribution in [0.1, 0.15) is 45.5 Å². The van der Waals surface area contributed by atoms with Gasteiger partial charge in [0.1, 0.15) is 0 Å². The lowest BCUT2D eigenvalue weighted by molar-refractivity contribution is 0.0846. The Labute approximate surface area is 175 Å². The van der Waals surface area contributed by atoms with Crippen molar-refractivity contribution in [2.75, 3.05) is 13.1 Å². The average molecular weight is 436 g/mol. The summed E-state index contributed by atoms with van der Waals surface area (Å²) in [6.07, 6.45) is 2.67. The van der Waals surface area contributed by atoms with E-state index in [4.69, 9.17) is 11.6 Å². The number of rotatable bonds is 4. The number of benzene rings is 2. The lowest BCUT2D eigenvalue weighted by Gasteiger charge is -2.26. The van der Waals surface area contributed by atoms with Gasteiger partial charge in [-0.25, -0.2) is 8.42 Å². The van der Waals surface area contributed by atoms with E-state index < -0.39 is 21.8 Å². The van der Waals surface area contributed by atoms with Crippen LogP contribution in [0.4, 0.5) is 0 Å². The number of carbonyl (C=O) groups is 2. The molecule has 1 heterocycles. The minimum atomic E-state index is -3.68. The summed E-state index contributed by atoms with van der Waals surface area (Å²) in [5.41, 5.74) is 5.60. The molecule has 0 bridgehead atoms. The van der Waals surface area contributed by atoms with E-state index in [2.05, 4.69) is 10.9 Å². The topological polar surface area (TPSA) is 95.6 Å². The molecular formula is C20H22ClN3O4S. The zero-order valence-corrected chi connectivity index (χ0v) is 17.5. The zero-order chi connectivity index (χ0) is 21.0. The average Bonchev–Trinajstić information content (AvgIpc) is 2.72. The highest BCUT2D eigenvalue weighted by Crippen LogP contribution is 2.24. The van der Waals surface area contributed by atoms with E-state index in [0.29, 0.717) is 23.7 Å². The number of aryl methyl sites for hydroxylation is 1. The number of hydrogen-bond acceptors (Lipinski definition) is 4. The predicted molar refractivity (Wildman–Crippen MR) is 110 cm³/mol. The van der Waals surface area contributed by atoms with Gasteiger partial charge in [0.25, 0.3) is 11.8 Å². The van der Waals surface area contributed by atoms with Gasteiger partial charge in [-0.15, -0.1) is 0 Å². The normalized spacial score (nSPS) is 15.0. The number of sulfonamides is 1. The molecule has 0 saturated carbocycles. The molecule has 2 aromatic carbocycles. The molecule has 29 heavy (non-hydrogen) atoms. The van der Waals surface area contributed by atoms with Crippen LogP contribution in [-0.4, -0.2) is 37.6 Å². The first-order valence-electron chi connectivity index (χ1n) is 9.26. The molecule has 0 radical (unpaired) electrons. The second-order valence-electron chi connectivity index (χ2n) is 6.86. The van der Waals surface area contributed by atoms with Gasteiger partial charge >= 0.3 is 0 Å². The molecule has 0 aliphatic carbocycles. The molecule has 9 heteroatoms. The molecular weight excluding hydrogens is 414 g/mol. The molecule has 1 aliphatic heterocycles. The van der Waals surface area contributed by atoms with Gasteiger partial charge < -0.3 is 0 Å². The summed E-state index contributed by atoms with van der Waals surface area (Å²) in [5, 5.41) is 0.398. The Morgan fingerprint density at radius 1 is 0.931 bits per heavy atom. The fourth-order valence-corrected chi connectivity index (χ4v) is 5.11. The van der Waals surface area contributed by atoms with E-state index in [1.165, 1.54) is 22.5 Å². The van der Waals surface area contributed by atoms with Crippen molar-refractivity contribution < 1.29 is 18.0 Å². The van der Waals surface area contributed by atoms with Gasteiger partial charge in [-0.2, -0.15) is 4.31 Å². The first kappa shape index (κ1) is 21.3. The minimum Gasteiger partial charge on any atom is -0.267 e. The van der Waals surface area contributed by atoms with Gasteiger partial charge in [-0.3, -0.25) is 20.4 Å². The van der Waals surface area contributed by atoms with E-state index >= 15 is 0 Å². The Bertz CT molecular complexity index is 1030. The third kappa shape index (κ3) is 4.95. The molecule has 154 valence electrons. The Morgan fingerprint density at radius 2 is 1.55 bits per heavy atom. The molecule has 2 amide bonds. The van der Waals surface area contributed by atoms with Crippen molar-refractivity contribution in [1.29, 1.82) is 0 Å². The summed E-state index contributed by atoms with van der Waals surface area (Å²) >= 11 is 5.86. The third-order valence-corrected chi connectivity index (χ3v) is 7.04. The Balaban J connectivity index is 1.74. The molecule has 2 aromatic rings. The molecule has 0 aromatic heterocycles. The fraction of sp³-hybridized carbons (Fsp3) is 0.300. The fourth-order valence-electron chi connectivity index (χ4n) is 3.15. The first-order chi connectivity index (χ1) is 13.8. The second-order valence-corrected chi connectivity index (χ2v) is 9.21. The van der Waals surface area contributed by atoms with E-state index in [1.54, 1.807) is 31.2 Å². The molecule has 0 unspecified atom stereocenters. The minimum absolute atomic E-state index is 0.105. The maximum absolute atomic E-state index is 13.0. The quantitative estimate of drug-likeness (QED) is 0.722. The summed E-state index contributed by atoms with van der Waals surface area (Å²) in [4.78, 5) is 24.7. The van der Waals surface area contributed by atoms with Crippen molar-refractivity contribution in [2.45, 2.75) is 31.1 Å². The highest BCUT2D eigenvalue weighted by Gasteiger charge is 2.28. The lowest BCUT2D eigenvalue weighted by Crippen LogP contribution is -2.41. The van der Waals surface area contributed by atoms with Gasteiger partial charge in [0.2, 0.25) is 10.0 Å². The van der Waals surface area contributed by atoms with E-state index in [0.717, 1.165) is 19.3 Å². The highest BCUT2D eigenvalue weighted by molar-refractivity contribution is 7.89. The van der Waals surface area contributed by atoms with Crippen molar-refractivity contribution in [3.8, 4) is 0 Å². The van der Waals surface area contributed by atoms with Crippen molar-refractivity contribution >= 4 is 33.4 Å². The third-order valence-electron chi connectivity index (χ3n) is 4.76. The van der Waals surface area contributed by atoms with Gasteiger partial charge in [0, 0.05) is 29.2 Å². The Kier molecular flexibility index (Phi) is 6.56. The summed E-state index contributed by atoms with van der Waals surface area (Å²) in [6.45, 7) is 2.65. The van der Waals surface area contributed by atoms with Gasteiger partial charge in [-0.1, -0.05) is 30.2 Å². The van der Waals surface area contributed by atoms with Crippen LogP contribution in [0.2, 0.25) is 5.02 Å². The Morgan fingerprint density at radius 3 is 2.17 bits per heavy atom. The molecule has 1 aliphatic rings. The number of piperidine rings is 1. The number of amides is 2. The van der Waals surface area contributed by atoms with Crippen LogP contribution in [0.5, 0.6) is 0 Å². The molecule has 1 saturated heterocycles. The Hall–Kier alpha value is -2.42. The van der Waals surface area contributed by atoms with Crippen LogP contribution >= 0.6 is 11.6 Å². The molecule has 7 nitrogen and oxygen atoms in total. The van der Waals surface area contributed by atoms with Crippen LogP contribution < -0.4 is 10.9 Å². The van der Waals surface area contributed by atoms with Crippen LogP contribution in [0.3, 0.4) is 0 Å². The number of carbonyl (C=O) groups excluding carboxylic acids is 2. The predicted octanol–water partition coefficient (Wildman–Crippen LogP) is 2.90. The van der Waals surface area contributed by atoms with Gasteiger partial charge in [0.05, 0.1) is 4.90 Å². The van der Waals surface area contributed by atoms with Crippen LogP contribution in [0.15, 0.2) is 47.4 Å². The molecule has 0 atom stereocenters. The summed E-state index contributed by atoms with van der Waals surface area (Å²) in [5.74, 6) is -1.15. The standard InChI is InChI=1S/C20H22ClN3O4S/c1-14-8-9-16(13-18(14)29(27,28)24-10-3-2-4-11-24)20(26)23-22-19(25)15-6-5-7-17(21)12-15/h5-9,12-13H,2-4,10-11H2,1H3,(H,22,25)(H,23,26). The number of halogens is 1. The number of nitrogens with zero attached hydrogens (tertiary/aromatic N) is 1. The molecule has 3 rings (SSSR count). The first-order valence-corrected chi connectivity index (χ1v) is 11.1. The van der Waals surface area contributed by atoms with Crippen molar-refractivity contribution in [3.05, 3.63) is 64.2 Å². The van der Waals surface area contributed by atoms with Crippen LogP contribution in [0, 0.1) is 6.92 Å². The smallest absolute Gasteiger partial charge is 0.267 e. The summed E-state index contributed by atoms with van der Waals surface area (Å²) < 4.78 is 27.4. The molecule has 2 N–H and O–H groups in total. The number of hydrazine groups is 1. The highest BCUT2D eigenvalue weighted by atomic mass is 35.5. The van der Waals surface area contributed by atoms with Gasteiger partial charge in [-0.05, 0) is 55.7 Å². The number of hydrogen-bond donors (Lipinski definition) is 2.